The summed E-state index contributed by atoms with van der Waals surface area (Å²) in [6.07, 6.45) is 5.72. The summed E-state index contributed by atoms with van der Waals surface area (Å²) < 4.78 is 0. The number of nitrogens with one attached hydrogen (secondary N) is 2. The molecule has 0 saturated carbocycles. The molecule has 2 heterocycles. The molecule has 5 nitrogen and oxygen atoms in total. The van der Waals surface area contributed by atoms with Crippen LogP contribution in [-0.4, -0.2) is 45.1 Å². The maximum absolute atomic E-state index is 11.9. The van der Waals surface area contributed by atoms with Crippen LogP contribution in [0.3, 0.4) is 0 Å². The summed E-state index contributed by atoms with van der Waals surface area (Å²) in [5.41, 5.74) is 0.816. The predicted octanol–water partition coefficient (Wildman–Crippen LogP) is 1.34. The average Bonchev–Trinajstić information content (AvgIpc) is 2.80. The molecule has 1 amide bonds. The van der Waals surface area contributed by atoms with Crippen LogP contribution in [0.5, 0.6) is 0 Å². The Kier molecular flexibility index (Phi) is 4.67. The molecule has 0 fully saturated rings. The van der Waals surface area contributed by atoms with E-state index in [1.807, 2.05) is 18.4 Å². The highest BCUT2D eigenvalue weighted by atomic mass is 32.2. The SMILES string of the molecule is CSCC(C)(O)CNC(=O)Cc1c[nH]c2ncccc12. The number of aromatic amines is 1. The first-order valence-electron chi connectivity index (χ1n) is 6.41. The van der Waals surface area contributed by atoms with Gasteiger partial charge >= 0.3 is 0 Å². The molecule has 0 aliphatic rings. The maximum Gasteiger partial charge on any atom is 0.224 e. The number of thioether (sulfide) groups is 1. The summed E-state index contributed by atoms with van der Waals surface area (Å²) in [6.45, 7) is 1.98. The molecule has 0 radical (unpaired) electrons. The topological polar surface area (TPSA) is 78.0 Å². The van der Waals surface area contributed by atoms with E-state index in [1.54, 1.807) is 31.1 Å². The van der Waals surface area contributed by atoms with Crippen LogP contribution in [0.4, 0.5) is 0 Å². The number of H-pyrrole nitrogens is 1. The van der Waals surface area contributed by atoms with Gasteiger partial charge < -0.3 is 15.4 Å². The number of rotatable bonds is 6. The standard InChI is InChI=1S/C14H19N3O2S/c1-14(19,9-20-2)8-17-12(18)6-10-7-16-13-11(10)4-3-5-15-13/h3-5,7,19H,6,8-9H2,1-2H3,(H,15,16)(H,17,18). The van der Waals surface area contributed by atoms with E-state index >= 15 is 0 Å². The second kappa shape index (κ2) is 6.28. The third-order valence-corrected chi connectivity index (χ3v) is 3.92. The summed E-state index contributed by atoms with van der Waals surface area (Å²) in [5.74, 6) is 0.487. The zero-order valence-corrected chi connectivity index (χ0v) is 12.5. The van der Waals surface area contributed by atoms with E-state index in [2.05, 4.69) is 15.3 Å². The fraction of sp³-hybridized carbons (Fsp3) is 0.429. The van der Waals surface area contributed by atoms with E-state index in [9.17, 15) is 9.90 Å². The number of fused-ring (bicyclic) bond motifs is 1. The molecule has 0 aliphatic heterocycles. The van der Waals surface area contributed by atoms with Gasteiger partial charge in [-0.3, -0.25) is 4.79 Å². The lowest BCUT2D eigenvalue weighted by Gasteiger charge is -2.22. The van der Waals surface area contributed by atoms with Crippen molar-refractivity contribution in [1.82, 2.24) is 15.3 Å². The number of aromatic nitrogens is 2. The summed E-state index contributed by atoms with van der Waals surface area (Å²) in [5, 5.41) is 13.7. The number of carbonyl (C=O) groups excluding carboxylic acids is 1. The molecule has 0 spiro atoms. The quantitative estimate of drug-likeness (QED) is 0.751. The highest BCUT2D eigenvalue weighted by molar-refractivity contribution is 7.98. The fourth-order valence-corrected chi connectivity index (χ4v) is 2.77. The van der Waals surface area contributed by atoms with E-state index in [0.717, 1.165) is 16.6 Å². The summed E-state index contributed by atoms with van der Waals surface area (Å²) >= 11 is 1.55. The van der Waals surface area contributed by atoms with E-state index < -0.39 is 5.60 Å². The van der Waals surface area contributed by atoms with Gasteiger partial charge in [0.15, 0.2) is 0 Å². The molecule has 0 aliphatic carbocycles. The molecule has 2 aromatic heterocycles. The van der Waals surface area contributed by atoms with Gasteiger partial charge in [0.2, 0.25) is 5.91 Å². The van der Waals surface area contributed by atoms with Crippen LogP contribution in [0.2, 0.25) is 0 Å². The molecule has 0 aromatic carbocycles. The third-order valence-electron chi connectivity index (χ3n) is 3.01. The number of hydrogen-bond acceptors (Lipinski definition) is 4. The van der Waals surface area contributed by atoms with Gasteiger partial charge in [-0.05, 0) is 30.9 Å². The first kappa shape index (κ1) is 14.9. The van der Waals surface area contributed by atoms with Gasteiger partial charge in [0.1, 0.15) is 5.65 Å². The van der Waals surface area contributed by atoms with Crippen LogP contribution >= 0.6 is 11.8 Å². The molecule has 6 heteroatoms. The van der Waals surface area contributed by atoms with Gasteiger partial charge in [0.05, 0.1) is 12.0 Å². The largest absolute Gasteiger partial charge is 0.387 e. The Morgan fingerprint density at radius 3 is 3.15 bits per heavy atom. The Labute approximate surface area is 122 Å². The van der Waals surface area contributed by atoms with Crippen LogP contribution in [0.25, 0.3) is 11.0 Å². The van der Waals surface area contributed by atoms with Crippen molar-refractivity contribution in [2.24, 2.45) is 0 Å². The van der Waals surface area contributed by atoms with Crippen molar-refractivity contribution in [1.29, 1.82) is 0 Å². The van der Waals surface area contributed by atoms with E-state index in [-0.39, 0.29) is 18.9 Å². The molecule has 0 saturated heterocycles. The van der Waals surface area contributed by atoms with E-state index in [4.69, 9.17) is 0 Å². The number of nitrogens with zero attached hydrogens (tertiary/aromatic N) is 1. The van der Waals surface area contributed by atoms with Gasteiger partial charge in [-0.15, -0.1) is 0 Å². The monoisotopic (exact) mass is 293 g/mol. The molecule has 20 heavy (non-hydrogen) atoms. The van der Waals surface area contributed by atoms with Crippen molar-refractivity contribution in [3.63, 3.8) is 0 Å². The molecule has 1 atom stereocenters. The highest BCUT2D eigenvalue weighted by Gasteiger charge is 2.20. The Balaban J connectivity index is 1.95. The fourth-order valence-electron chi connectivity index (χ4n) is 2.05. The summed E-state index contributed by atoms with van der Waals surface area (Å²) in [4.78, 5) is 19.2. The Morgan fingerprint density at radius 2 is 2.40 bits per heavy atom. The normalized spacial score (nSPS) is 14.2. The highest BCUT2D eigenvalue weighted by Crippen LogP contribution is 2.16. The van der Waals surface area contributed by atoms with Gasteiger partial charge in [0.25, 0.3) is 0 Å². The molecular formula is C14H19N3O2S. The van der Waals surface area contributed by atoms with Gasteiger partial charge in [-0.25, -0.2) is 4.98 Å². The summed E-state index contributed by atoms with van der Waals surface area (Å²) in [6, 6.07) is 3.78. The molecule has 2 aromatic rings. The molecular weight excluding hydrogens is 274 g/mol. The number of aliphatic hydroxyl groups is 1. The second-order valence-electron chi connectivity index (χ2n) is 5.10. The zero-order valence-electron chi connectivity index (χ0n) is 11.6. The number of carbonyl (C=O) groups is 1. The lowest BCUT2D eigenvalue weighted by Crippen LogP contribution is -2.42. The van der Waals surface area contributed by atoms with E-state index in [0.29, 0.717) is 5.75 Å². The van der Waals surface area contributed by atoms with E-state index in [1.165, 1.54) is 0 Å². The lowest BCUT2D eigenvalue weighted by molar-refractivity contribution is -0.121. The van der Waals surface area contributed by atoms with Crippen molar-refractivity contribution < 1.29 is 9.90 Å². The van der Waals surface area contributed by atoms with Crippen molar-refractivity contribution in [3.8, 4) is 0 Å². The molecule has 1 unspecified atom stereocenters. The second-order valence-corrected chi connectivity index (χ2v) is 5.96. The number of hydrogen-bond donors (Lipinski definition) is 3. The predicted molar refractivity (Wildman–Crippen MR) is 81.8 cm³/mol. The van der Waals surface area contributed by atoms with Crippen LogP contribution in [0.15, 0.2) is 24.5 Å². The summed E-state index contributed by atoms with van der Waals surface area (Å²) in [7, 11) is 0. The average molecular weight is 293 g/mol. The van der Waals surface area contributed by atoms with Crippen LogP contribution in [-0.2, 0) is 11.2 Å². The molecule has 2 rings (SSSR count). The Hall–Kier alpha value is -1.53. The minimum Gasteiger partial charge on any atom is -0.387 e. The Bertz CT molecular complexity index is 595. The van der Waals surface area contributed by atoms with Crippen molar-refractivity contribution in [2.45, 2.75) is 18.9 Å². The minimum absolute atomic E-state index is 0.101. The van der Waals surface area contributed by atoms with Crippen LogP contribution in [0, 0.1) is 0 Å². The van der Waals surface area contributed by atoms with Gasteiger partial charge in [-0.2, -0.15) is 11.8 Å². The van der Waals surface area contributed by atoms with Crippen LogP contribution < -0.4 is 5.32 Å². The van der Waals surface area contributed by atoms with Crippen molar-refractivity contribution >= 4 is 28.7 Å². The van der Waals surface area contributed by atoms with Crippen LogP contribution in [0.1, 0.15) is 12.5 Å². The first-order valence-corrected chi connectivity index (χ1v) is 7.80. The van der Waals surface area contributed by atoms with Crippen molar-refractivity contribution in [2.75, 3.05) is 18.6 Å². The smallest absolute Gasteiger partial charge is 0.224 e. The first-order chi connectivity index (χ1) is 9.52. The van der Waals surface area contributed by atoms with Gasteiger partial charge in [0, 0.05) is 30.1 Å². The maximum atomic E-state index is 11.9. The van der Waals surface area contributed by atoms with Gasteiger partial charge in [-0.1, -0.05) is 0 Å². The molecule has 0 bridgehead atoms. The zero-order chi connectivity index (χ0) is 14.6. The number of amides is 1. The minimum atomic E-state index is -0.878. The number of pyridine rings is 1. The van der Waals surface area contributed by atoms with Crippen molar-refractivity contribution in [3.05, 3.63) is 30.1 Å². The lowest BCUT2D eigenvalue weighted by atomic mass is 10.1. The third kappa shape index (κ3) is 3.74. The molecule has 108 valence electrons. The molecule has 3 N–H and O–H groups in total. The Morgan fingerprint density at radius 1 is 1.60 bits per heavy atom.